The van der Waals surface area contributed by atoms with Gasteiger partial charge in [0.2, 0.25) is 0 Å². The highest BCUT2D eigenvalue weighted by atomic mass is 16.5. The highest BCUT2D eigenvalue weighted by Crippen LogP contribution is 2.13. The summed E-state index contributed by atoms with van der Waals surface area (Å²) in [5, 5.41) is 0.614. The molecule has 2 aromatic carbocycles. The monoisotopic (exact) mass is 351 g/mol. The lowest BCUT2D eigenvalue weighted by Crippen LogP contribution is -2.28. The first-order valence-corrected chi connectivity index (χ1v) is 9.10. The Morgan fingerprint density at radius 1 is 1.00 bits per heavy atom. The quantitative estimate of drug-likeness (QED) is 0.585. The fourth-order valence-corrected chi connectivity index (χ4v) is 3.02. The van der Waals surface area contributed by atoms with Gasteiger partial charge in [0.1, 0.15) is 12.4 Å². The lowest BCUT2D eigenvalue weighted by molar-refractivity contribution is 0.0902. The summed E-state index contributed by atoms with van der Waals surface area (Å²) in [5.41, 5.74) is 1.44. The molecule has 0 saturated carbocycles. The highest BCUT2D eigenvalue weighted by Gasteiger charge is 2.12. The minimum absolute atomic E-state index is 0.0656. The number of benzene rings is 2. The Morgan fingerprint density at radius 3 is 2.42 bits per heavy atom. The van der Waals surface area contributed by atoms with Crippen molar-refractivity contribution in [3.63, 3.8) is 0 Å². The molecule has 5 heteroatoms. The van der Waals surface area contributed by atoms with Crippen molar-refractivity contribution in [1.29, 1.82) is 0 Å². The molecule has 136 valence electrons. The zero-order chi connectivity index (χ0) is 18.4. The molecule has 0 aliphatic rings. The largest absolute Gasteiger partial charge is 0.372 e. The van der Waals surface area contributed by atoms with E-state index in [2.05, 4.69) is 18.7 Å². The number of aromatic nitrogens is 2. The smallest absolute Gasteiger partial charge is 0.266 e. The van der Waals surface area contributed by atoms with Gasteiger partial charge in [-0.05, 0) is 37.4 Å². The van der Waals surface area contributed by atoms with Crippen molar-refractivity contribution < 1.29 is 4.74 Å². The molecule has 0 amide bonds. The van der Waals surface area contributed by atoms with Gasteiger partial charge in [-0.25, -0.2) is 4.98 Å². The van der Waals surface area contributed by atoms with E-state index in [0.29, 0.717) is 29.9 Å². The van der Waals surface area contributed by atoms with Crippen LogP contribution in [0, 0.1) is 0 Å². The molecule has 0 aliphatic heterocycles. The Morgan fingerprint density at radius 2 is 1.69 bits per heavy atom. The van der Waals surface area contributed by atoms with Gasteiger partial charge in [0, 0.05) is 6.54 Å². The molecule has 26 heavy (non-hydrogen) atoms. The van der Waals surface area contributed by atoms with E-state index in [1.807, 2.05) is 54.6 Å². The van der Waals surface area contributed by atoms with Crippen molar-refractivity contribution in [3.8, 4) is 5.69 Å². The zero-order valence-corrected chi connectivity index (χ0v) is 15.4. The number of hydrogen-bond donors (Lipinski definition) is 0. The second-order valence-electron chi connectivity index (χ2n) is 6.10. The van der Waals surface area contributed by atoms with Crippen molar-refractivity contribution in [2.45, 2.75) is 20.5 Å². The molecule has 0 bridgehead atoms. The molecule has 0 aliphatic carbocycles. The van der Waals surface area contributed by atoms with Gasteiger partial charge in [-0.1, -0.05) is 44.2 Å². The van der Waals surface area contributed by atoms with Crippen LogP contribution in [0.3, 0.4) is 0 Å². The van der Waals surface area contributed by atoms with Crippen LogP contribution >= 0.6 is 0 Å². The molecule has 0 saturated heterocycles. The summed E-state index contributed by atoms with van der Waals surface area (Å²) >= 11 is 0. The van der Waals surface area contributed by atoms with Crippen LogP contribution in [0.5, 0.6) is 0 Å². The van der Waals surface area contributed by atoms with Gasteiger partial charge in [0.25, 0.3) is 5.56 Å². The zero-order valence-electron chi connectivity index (χ0n) is 15.4. The predicted octanol–water partition coefficient (Wildman–Crippen LogP) is 3.24. The summed E-state index contributed by atoms with van der Waals surface area (Å²) in [5.74, 6) is 0.624. The maximum absolute atomic E-state index is 13.0. The van der Waals surface area contributed by atoms with E-state index in [1.54, 1.807) is 4.57 Å². The molecule has 0 N–H and O–H groups in total. The van der Waals surface area contributed by atoms with Crippen LogP contribution in [-0.4, -0.2) is 40.7 Å². The van der Waals surface area contributed by atoms with Crippen LogP contribution in [0.15, 0.2) is 59.4 Å². The van der Waals surface area contributed by atoms with Crippen molar-refractivity contribution in [2.75, 3.05) is 26.2 Å². The van der Waals surface area contributed by atoms with Crippen molar-refractivity contribution in [1.82, 2.24) is 14.5 Å². The first-order chi connectivity index (χ1) is 12.7. The lowest BCUT2D eigenvalue weighted by Gasteiger charge is -2.18. The van der Waals surface area contributed by atoms with Gasteiger partial charge in [0.15, 0.2) is 0 Å². The third kappa shape index (κ3) is 4.00. The third-order valence-corrected chi connectivity index (χ3v) is 4.54. The summed E-state index contributed by atoms with van der Waals surface area (Å²) < 4.78 is 7.51. The molecule has 3 aromatic rings. The van der Waals surface area contributed by atoms with Gasteiger partial charge < -0.3 is 9.64 Å². The van der Waals surface area contributed by atoms with Crippen molar-refractivity contribution in [2.24, 2.45) is 0 Å². The predicted molar refractivity (Wildman–Crippen MR) is 105 cm³/mol. The topological polar surface area (TPSA) is 47.4 Å². The van der Waals surface area contributed by atoms with E-state index >= 15 is 0 Å². The van der Waals surface area contributed by atoms with Gasteiger partial charge in [0.05, 0.1) is 23.2 Å². The van der Waals surface area contributed by atoms with E-state index in [4.69, 9.17) is 9.72 Å². The average molecular weight is 351 g/mol. The molecule has 0 atom stereocenters. The molecule has 3 rings (SSSR count). The maximum atomic E-state index is 13.0. The first kappa shape index (κ1) is 18.3. The van der Waals surface area contributed by atoms with E-state index < -0.39 is 0 Å². The van der Waals surface area contributed by atoms with Gasteiger partial charge >= 0.3 is 0 Å². The molecule has 0 radical (unpaired) electrons. The summed E-state index contributed by atoms with van der Waals surface area (Å²) in [6.07, 6.45) is 0. The van der Waals surface area contributed by atoms with Gasteiger partial charge in [-0.2, -0.15) is 0 Å². The lowest BCUT2D eigenvalue weighted by atomic mass is 10.2. The number of fused-ring (bicyclic) bond motifs is 1. The fraction of sp³-hybridized carbons (Fsp3) is 0.333. The molecule has 1 heterocycles. The third-order valence-electron chi connectivity index (χ3n) is 4.54. The van der Waals surface area contributed by atoms with Gasteiger partial charge in [-0.3, -0.25) is 9.36 Å². The van der Waals surface area contributed by atoms with Crippen LogP contribution in [-0.2, 0) is 11.3 Å². The highest BCUT2D eigenvalue weighted by molar-refractivity contribution is 5.77. The minimum Gasteiger partial charge on any atom is -0.372 e. The Balaban J connectivity index is 1.91. The molecule has 0 unspecified atom stereocenters. The normalized spacial score (nSPS) is 11.3. The molecule has 5 nitrogen and oxygen atoms in total. The number of hydrogen-bond acceptors (Lipinski definition) is 4. The standard InChI is InChI=1S/C21H25N3O2/c1-3-23(4-2)14-15-26-16-20-22-19-13-9-8-12-18(19)21(25)24(20)17-10-6-5-7-11-17/h5-13H,3-4,14-16H2,1-2H3. The number of ether oxygens (including phenoxy) is 1. The Hall–Kier alpha value is -2.50. The number of nitrogens with zero attached hydrogens (tertiary/aromatic N) is 3. The molecule has 0 spiro atoms. The SMILES string of the molecule is CCN(CC)CCOCc1nc2ccccc2c(=O)n1-c1ccccc1. The van der Waals surface area contributed by atoms with E-state index in [0.717, 1.165) is 25.3 Å². The van der Waals surface area contributed by atoms with Crippen molar-refractivity contribution >= 4 is 10.9 Å². The van der Waals surface area contributed by atoms with E-state index in [9.17, 15) is 4.79 Å². The van der Waals surface area contributed by atoms with Gasteiger partial charge in [-0.15, -0.1) is 0 Å². The molecule has 0 fully saturated rings. The first-order valence-electron chi connectivity index (χ1n) is 9.10. The Labute approximate surface area is 153 Å². The minimum atomic E-state index is -0.0656. The summed E-state index contributed by atoms with van der Waals surface area (Å²) in [7, 11) is 0. The number of para-hydroxylation sites is 2. The van der Waals surface area contributed by atoms with Crippen LogP contribution in [0.1, 0.15) is 19.7 Å². The van der Waals surface area contributed by atoms with Crippen molar-refractivity contribution in [3.05, 3.63) is 70.8 Å². The van der Waals surface area contributed by atoms with E-state index in [1.165, 1.54) is 0 Å². The van der Waals surface area contributed by atoms with Crippen LogP contribution in [0.2, 0.25) is 0 Å². The summed E-state index contributed by atoms with van der Waals surface area (Å²) in [6.45, 7) is 8.07. The Kier molecular flexibility index (Phi) is 6.15. The Bertz CT molecular complexity index is 902. The second kappa shape index (κ2) is 8.74. The second-order valence-corrected chi connectivity index (χ2v) is 6.10. The average Bonchev–Trinajstić information content (AvgIpc) is 2.69. The molecular formula is C21H25N3O2. The van der Waals surface area contributed by atoms with E-state index in [-0.39, 0.29) is 5.56 Å². The maximum Gasteiger partial charge on any atom is 0.266 e. The summed E-state index contributed by atoms with van der Waals surface area (Å²) in [4.78, 5) is 20.0. The summed E-state index contributed by atoms with van der Waals surface area (Å²) in [6, 6.07) is 17.0. The van der Waals surface area contributed by atoms with Crippen LogP contribution in [0.4, 0.5) is 0 Å². The number of likely N-dealkylation sites (N-methyl/N-ethyl adjacent to an activating group) is 1. The molecular weight excluding hydrogens is 326 g/mol. The van der Waals surface area contributed by atoms with Crippen LogP contribution in [0.25, 0.3) is 16.6 Å². The van der Waals surface area contributed by atoms with Crippen LogP contribution < -0.4 is 5.56 Å². The fourth-order valence-electron chi connectivity index (χ4n) is 3.02. The number of rotatable bonds is 8. The molecule has 1 aromatic heterocycles.